The lowest BCUT2D eigenvalue weighted by Gasteiger charge is -2.41. The molecular formula is C20H21F2N3O2. The summed E-state index contributed by atoms with van der Waals surface area (Å²) in [7, 11) is 1.55. The molecule has 0 atom stereocenters. The van der Waals surface area contributed by atoms with E-state index >= 15 is 0 Å². The molecule has 1 fully saturated rings. The van der Waals surface area contributed by atoms with Crippen LogP contribution < -0.4 is 10.6 Å². The predicted octanol–water partition coefficient (Wildman–Crippen LogP) is 2.80. The van der Waals surface area contributed by atoms with Crippen molar-refractivity contribution in [1.82, 2.24) is 10.2 Å². The first-order valence-corrected chi connectivity index (χ1v) is 8.74. The fourth-order valence-corrected chi connectivity index (χ4v) is 3.36. The van der Waals surface area contributed by atoms with Crippen LogP contribution in [0.4, 0.5) is 14.5 Å². The minimum atomic E-state index is -0.928. The number of carbonyl (C=O) groups is 2. The summed E-state index contributed by atoms with van der Waals surface area (Å²) in [5.74, 6) is -1.20. The quantitative estimate of drug-likeness (QED) is 0.866. The molecule has 5 nitrogen and oxygen atoms in total. The lowest BCUT2D eigenvalue weighted by atomic mass is 9.85. The second-order valence-electron chi connectivity index (χ2n) is 6.60. The molecule has 0 unspecified atom stereocenters. The third-order valence-corrected chi connectivity index (χ3v) is 4.87. The Morgan fingerprint density at radius 2 is 1.67 bits per heavy atom. The van der Waals surface area contributed by atoms with E-state index in [4.69, 9.17) is 0 Å². The van der Waals surface area contributed by atoms with Gasteiger partial charge in [0.25, 0.3) is 5.91 Å². The molecule has 0 spiro atoms. The lowest BCUT2D eigenvalue weighted by molar-refractivity contribution is -0.126. The van der Waals surface area contributed by atoms with Crippen LogP contribution in [0.2, 0.25) is 0 Å². The SMILES string of the molecule is CNC(=O)C1(Nc2cccc(F)c2)CCN(C(=O)c2ccc(F)cc2)CC1. The van der Waals surface area contributed by atoms with Gasteiger partial charge < -0.3 is 15.5 Å². The van der Waals surface area contributed by atoms with Crippen LogP contribution in [0.25, 0.3) is 0 Å². The summed E-state index contributed by atoms with van der Waals surface area (Å²) in [6.45, 7) is 0.706. The average Bonchev–Trinajstić information content (AvgIpc) is 2.68. The third kappa shape index (κ3) is 4.07. The molecule has 27 heavy (non-hydrogen) atoms. The summed E-state index contributed by atoms with van der Waals surface area (Å²) in [6.07, 6.45) is 0.742. The summed E-state index contributed by atoms with van der Waals surface area (Å²) in [5, 5.41) is 5.81. The summed E-state index contributed by atoms with van der Waals surface area (Å²) < 4.78 is 26.5. The van der Waals surface area contributed by atoms with Crippen LogP contribution in [0.1, 0.15) is 23.2 Å². The Kier molecular flexibility index (Phi) is 5.39. The Labute approximate surface area is 156 Å². The van der Waals surface area contributed by atoms with Crippen LogP contribution in [0.3, 0.4) is 0 Å². The molecule has 2 aromatic rings. The highest BCUT2D eigenvalue weighted by molar-refractivity contribution is 5.95. The molecule has 1 aliphatic heterocycles. The standard InChI is InChI=1S/C20H21F2N3O2/c1-23-19(27)20(24-17-4-2-3-16(22)13-17)9-11-25(12-10-20)18(26)14-5-7-15(21)8-6-14/h2-8,13,24H,9-12H2,1H3,(H,23,27). The molecule has 0 radical (unpaired) electrons. The summed E-state index contributed by atoms with van der Waals surface area (Å²) >= 11 is 0. The molecule has 0 saturated carbocycles. The van der Waals surface area contributed by atoms with Crippen LogP contribution in [0.15, 0.2) is 48.5 Å². The molecule has 2 aromatic carbocycles. The van der Waals surface area contributed by atoms with Crippen molar-refractivity contribution in [3.63, 3.8) is 0 Å². The van der Waals surface area contributed by atoms with Crippen molar-refractivity contribution in [3.8, 4) is 0 Å². The first kappa shape index (κ1) is 18.8. The molecule has 7 heteroatoms. The molecular weight excluding hydrogens is 352 g/mol. The number of rotatable bonds is 4. The zero-order chi connectivity index (χ0) is 19.4. The van der Waals surface area contributed by atoms with Crippen LogP contribution in [0.5, 0.6) is 0 Å². The van der Waals surface area contributed by atoms with Gasteiger partial charge in [0.1, 0.15) is 17.2 Å². The number of hydrogen-bond donors (Lipinski definition) is 2. The molecule has 3 rings (SSSR count). The van der Waals surface area contributed by atoms with Gasteiger partial charge in [-0.25, -0.2) is 8.78 Å². The third-order valence-electron chi connectivity index (χ3n) is 4.87. The monoisotopic (exact) mass is 373 g/mol. The Hall–Kier alpha value is -2.96. The van der Waals surface area contributed by atoms with E-state index in [9.17, 15) is 18.4 Å². The summed E-state index contributed by atoms with van der Waals surface area (Å²) in [5.41, 5.74) is -0.0129. The topological polar surface area (TPSA) is 61.4 Å². The molecule has 0 aliphatic carbocycles. The minimum Gasteiger partial charge on any atom is -0.371 e. The molecule has 2 N–H and O–H groups in total. The summed E-state index contributed by atoms with van der Waals surface area (Å²) in [4.78, 5) is 26.8. The van der Waals surface area contributed by atoms with Gasteiger partial charge in [-0.15, -0.1) is 0 Å². The largest absolute Gasteiger partial charge is 0.371 e. The first-order chi connectivity index (χ1) is 12.9. The van der Waals surface area contributed by atoms with Crippen molar-refractivity contribution in [2.24, 2.45) is 0 Å². The van der Waals surface area contributed by atoms with Crippen molar-refractivity contribution in [3.05, 3.63) is 65.7 Å². The number of carbonyl (C=O) groups excluding carboxylic acids is 2. The molecule has 142 valence electrons. The van der Waals surface area contributed by atoms with Crippen molar-refractivity contribution in [1.29, 1.82) is 0 Å². The van der Waals surface area contributed by atoms with Gasteiger partial charge >= 0.3 is 0 Å². The smallest absolute Gasteiger partial charge is 0.253 e. The highest BCUT2D eigenvalue weighted by Crippen LogP contribution is 2.28. The molecule has 0 bridgehead atoms. The van der Waals surface area contributed by atoms with Gasteiger partial charge in [-0.3, -0.25) is 9.59 Å². The minimum absolute atomic E-state index is 0.203. The van der Waals surface area contributed by atoms with E-state index < -0.39 is 17.2 Å². The van der Waals surface area contributed by atoms with E-state index in [1.54, 1.807) is 24.1 Å². The Morgan fingerprint density at radius 3 is 2.26 bits per heavy atom. The van der Waals surface area contributed by atoms with E-state index in [1.165, 1.54) is 36.4 Å². The van der Waals surface area contributed by atoms with Gasteiger partial charge in [0.2, 0.25) is 5.91 Å². The number of hydrogen-bond acceptors (Lipinski definition) is 3. The maximum Gasteiger partial charge on any atom is 0.253 e. The number of likely N-dealkylation sites (N-methyl/N-ethyl adjacent to an activating group) is 1. The van der Waals surface area contributed by atoms with E-state index in [0.29, 0.717) is 37.2 Å². The van der Waals surface area contributed by atoms with E-state index in [1.807, 2.05) is 0 Å². The van der Waals surface area contributed by atoms with Crippen LogP contribution in [-0.4, -0.2) is 42.4 Å². The van der Waals surface area contributed by atoms with Crippen LogP contribution in [0, 0.1) is 11.6 Å². The Balaban J connectivity index is 1.74. The highest BCUT2D eigenvalue weighted by Gasteiger charge is 2.42. The molecule has 1 heterocycles. The number of nitrogens with zero attached hydrogens (tertiary/aromatic N) is 1. The van der Waals surface area contributed by atoms with Crippen molar-refractivity contribution in [2.45, 2.75) is 18.4 Å². The van der Waals surface area contributed by atoms with E-state index in [0.717, 1.165) is 0 Å². The van der Waals surface area contributed by atoms with Crippen molar-refractivity contribution >= 4 is 17.5 Å². The Morgan fingerprint density at radius 1 is 1.00 bits per heavy atom. The first-order valence-electron chi connectivity index (χ1n) is 8.74. The zero-order valence-electron chi connectivity index (χ0n) is 15.0. The number of amides is 2. The Bertz CT molecular complexity index is 831. The number of halogens is 2. The van der Waals surface area contributed by atoms with Gasteiger partial charge in [-0.1, -0.05) is 6.07 Å². The van der Waals surface area contributed by atoms with Crippen LogP contribution >= 0.6 is 0 Å². The predicted molar refractivity (Wildman–Crippen MR) is 98.4 cm³/mol. The number of likely N-dealkylation sites (tertiary alicyclic amines) is 1. The highest BCUT2D eigenvalue weighted by atomic mass is 19.1. The zero-order valence-corrected chi connectivity index (χ0v) is 15.0. The van der Waals surface area contributed by atoms with Gasteiger partial charge in [0, 0.05) is 31.4 Å². The second kappa shape index (κ2) is 7.73. The number of anilines is 1. The van der Waals surface area contributed by atoms with Crippen molar-refractivity contribution in [2.75, 3.05) is 25.5 Å². The van der Waals surface area contributed by atoms with Gasteiger partial charge in [-0.2, -0.15) is 0 Å². The maximum absolute atomic E-state index is 13.5. The van der Waals surface area contributed by atoms with Crippen LogP contribution in [-0.2, 0) is 4.79 Å². The fourth-order valence-electron chi connectivity index (χ4n) is 3.36. The molecule has 1 aliphatic rings. The van der Waals surface area contributed by atoms with E-state index in [-0.39, 0.29) is 11.8 Å². The van der Waals surface area contributed by atoms with Gasteiger partial charge in [-0.05, 0) is 55.3 Å². The number of nitrogens with one attached hydrogen (secondary N) is 2. The number of benzene rings is 2. The molecule has 1 saturated heterocycles. The van der Waals surface area contributed by atoms with Crippen molar-refractivity contribution < 1.29 is 18.4 Å². The number of piperidine rings is 1. The summed E-state index contributed by atoms with van der Waals surface area (Å²) in [6, 6.07) is 11.3. The second-order valence-corrected chi connectivity index (χ2v) is 6.60. The maximum atomic E-state index is 13.5. The normalized spacial score (nSPS) is 15.9. The average molecular weight is 373 g/mol. The fraction of sp³-hybridized carbons (Fsp3) is 0.300. The van der Waals surface area contributed by atoms with E-state index in [2.05, 4.69) is 10.6 Å². The molecule has 2 amide bonds. The van der Waals surface area contributed by atoms with Gasteiger partial charge in [0.15, 0.2) is 0 Å². The molecule has 0 aromatic heterocycles. The lowest BCUT2D eigenvalue weighted by Crippen LogP contribution is -2.58. The van der Waals surface area contributed by atoms with Gasteiger partial charge in [0.05, 0.1) is 0 Å².